The highest BCUT2D eigenvalue weighted by molar-refractivity contribution is 5.44. The zero-order valence-corrected chi connectivity index (χ0v) is 15.1. The first-order valence-corrected chi connectivity index (χ1v) is 9.48. The van der Waals surface area contributed by atoms with Gasteiger partial charge in [0.05, 0.1) is 13.2 Å². The number of morpholine rings is 1. The van der Waals surface area contributed by atoms with Gasteiger partial charge < -0.3 is 19.9 Å². The third-order valence-corrected chi connectivity index (χ3v) is 4.92. The smallest absolute Gasteiger partial charge is 0.224 e. The lowest BCUT2D eigenvalue weighted by atomic mass is 10.1. The molecule has 2 fully saturated rings. The Morgan fingerprint density at radius 1 is 0.885 bits per heavy atom. The van der Waals surface area contributed by atoms with Gasteiger partial charge in [-0.25, -0.2) is 9.97 Å². The van der Waals surface area contributed by atoms with Crippen molar-refractivity contribution in [3.8, 4) is 0 Å². The maximum Gasteiger partial charge on any atom is 0.224 e. The average molecular weight is 354 g/mol. The summed E-state index contributed by atoms with van der Waals surface area (Å²) in [6.45, 7) is 6.15. The van der Waals surface area contributed by atoms with Gasteiger partial charge in [0.1, 0.15) is 11.6 Å². The van der Waals surface area contributed by atoms with Gasteiger partial charge in [-0.05, 0) is 37.0 Å². The van der Waals surface area contributed by atoms with Crippen molar-refractivity contribution in [2.75, 3.05) is 54.5 Å². The highest BCUT2D eigenvalue weighted by atomic mass is 16.5. The van der Waals surface area contributed by atoms with Crippen LogP contribution in [0.15, 0.2) is 30.6 Å². The van der Waals surface area contributed by atoms with Gasteiger partial charge >= 0.3 is 0 Å². The molecular weight excluding hydrogens is 328 g/mol. The van der Waals surface area contributed by atoms with Crippen molar-refractivity contribution >= 4 is 17.6 Å². The lowest BCUT2D eigenvalue weighted by Gasteiger charge is -2.28. The number of pyridine rings is 1. The van der Waals surface area contributed by atoms with Crippen LogP contribution in [-0.4, -0.2) is 54.3 Å². The van der Waals surface area contributed by atoms with Crippen molar-refractivity contribution in [2.24, 2.45) is 0 Å². The Bertz CT molecular complexity index is 695. The quantitative estimate of drug-likeness (QED) is 0.884. The standard InChI is InChI=1S/C19H26N6O/c1-2-8-24(9-3-1)17-5-4-16(14-21-17)15-22-19-20-7-6-18(23-19)25-10-12-26-13-11-25/h4-7,14H,1-3,8-13,15H2,(H,20,22,23). The number of hydrogen-bond donors (Lipinski definition) is 1. The summed E-state index contributed by atoms with van der Waals surface area (Å²) in [4.78, 5) is 18.2. The minimum Gasteiger partial charge on any atom is -0.378 e. The fraction of sp³-hybridized carbons (Fsp3) is 0.526. The molecule has 4 heterocycles. The molecule has 0 saturated carbocycles. The van der Waals surface area contributed by atoms with E-state index in [-0.39, 0.29) is 0 Å². The van der Waals surface area contributed by atoms with Crippen LogP contribution in [0.2, 0.25) is 0 Å². The maximum atomic E-state index is 5.40. The predicted octanol–water partition coefficient (Wildman–Crippen LogP) is 2.31. The van der Waals surface area contributed by atoms with Crippen LogP contribution in [0.4, 0.5) is 17.6 Å². The lowest BCUT2D eigenvalue weighted by Crippen LogP contribution is -2.36. The predicted molar refractivity (Wildman–Crippen MR) is 103 cm³/mol. The van der Waals surface area contributed by atoms with Crippen molar-refractivity contribution in [3.05, 3.63) is 36.2 Å². The Hall–Kier alpha value is -2.41. The first-order chi connectivity index (χ1) is 12.9. The largest absolute Gasteiger partial charge is 0.378 e. The minimum atomic E-state index is 0.647. The number of nitrogens with zero attached hydrogens (tertiary/aromatic N) is 5. The number of piperidine rings is 1. The van der Waals surface area contributed by atoms with Gasteiger partial charge in [-0.15, -0.1) is 0 Å². The lowest BCUT2D eigenvalue weighted by molar-refractivity contribution is 0.122. The van der Waals surface area contributed by atoms with Crippen LogP contribution in [0.25, 0.3) is 0 Å². The van der Waals surface area contributed by atoms with E-state index in [1.165, 1.54) is 19.3 Å². The van der Waals surface area contributed by atoms with Gasteiger partial charge in [0.15, 0.2) is 0 Å². The first kappa shape index (κ1) is 17.0. The minimum absolute atomic E-state index is 0.647. The molecule has 0 amide bonds. The van der Waals surface area contributed by atoms with Crippen molar-refractivity contribution in [3.63, 3.8) is 0 Å². The molecule has 0 spiro atoms. The molecule has 0 bridgehead atoms. The SMILES string of the molecule is c1cc(N2CCOCC2)nc(NCc2ccc(N3CCCCC3)nc2)n1. The summed E-state index contributed by atoms with van der Waals surface area (Å²) < 4.78 is 5.40. The summed E-state index contributed by atoms with van der Waals surface area (Å²) in [5.74, 6) is 2.68. The molecule has 2 aliphatic rings. The molecule has 2 saturated heterocycles. The van der Waals surface area contributed by atoms with Gasteiger partial charge in [0.25, 0.3) is 0 Å². The van der Waals surface area contributed by atoms with E-state index in [1.54, 1.807) is 6.20 Å². The molecule has 0 radical (unpaired) electrons. The normalized spacial score (nSPS) is 18.0. The third-order valence-electron chi connectivity index (χ3n) is 4.92. The molecule has 4 rings (SSSR count). The Kier molecular flexibility index (Phi) is 5.44. The van der Waals surface area contributed by atoms with Crippen LogP contribution in [0.1, 0.15) is 24.8 Å². The third kappa shape index (κ3) is 4.22. The maximum absolute atomic E-state index is 5.40. The van der Waals surface area contributed by atoms with Crippen molar-refractivity contribution in [1.29, 1.82) is 0 Å². The van der Waals surface area contributed by atoms with E-state index in [9.17, 15) is 0 Å². The molecule has 0 unspecified atom stereocenters. The Balaban J connectivity index is 1.34. The first-order valence-electron chi connectivity index (χ1n) is 9.48. The summed E-state index contributed by atoms with van der Waals surface area (Å²) in [5.41, 5.74) is 1.13. The van der Waals surface area contributed by atoms with Gasteiger partial charge in [0.2, 0.25) is 5.95 Å². The molecule has 0 atom stereocenters. The summed E-state index contributed by atoms with van der Waals surface area (Å²) in [7, 11) is 0. The van der Waals surface area contributed by atoms with Gasteiger partial charge in [0, 0.05) is 45.1 Å². The van der Waals surface area contributed by atoms with Gasteiger partial charge in [-0.2, -0.15) is 4.98 Å². The van der Waals surface area contributed by atoms with E-state index >= 15 is 0 Å². The second kappa shape index (κ2) is 8.31. The monoisotopic (exact) mass is 354 g/mol. The molecule has 0 aliphatic carbocycles. The molecular formula is C19H26N6O. The highest BCUT2D eigenvalue weighted by Gasteiger charge is 2.13. The summed E-state index contributed by atoms with van der Waals surface area (Å²) in [5, 5.41) is 3.31. The van der Waals surface area contributed by atoms with Crippen LogP contribution in [0.3, 0.4) is 0 Å². The molecule has 7 nitrogen and oxygen atoms in total. The van der Waals surface area contributed by atoms with Crippen molar-refractivity contribution in [2.45, 2.75) is 25.8 Å². The zero-order chi connectivity index (χ0) is 17.6. The van der Waals surface area contributed by atoms with Crippen LogP contribution in [-0.2, 0) is 11.3 Å². The van der Waals surface area contributed by atoms with E-state index in [0.717, 1.165) is 56.6 Å². The molecule has 2 aliphatic heterocycles. The molecule has 26 heavy (non-hydrogen) atoms. The zero-order valence-electron chi connectivity index (χ0n) is 15.1. The Morgan fingerprint density at radius 2 is 1.69 bits per heavy atom. The Labute approximate surface area is 154 Å². The molecule has 1 N–H and O–H groups in total. The average Bonchev–Trinajstić information content (AvgIpc) is 2.74. The number of ether oxygens (including phenoxy) is 1. The van der Waals surface area contributed by atoms with Crippen molar-refractivity contribution < 1.29 is 4.74 Å². The molecule has 2 aromatic heterocycles. The molecule has 2 aromatic rings. The van der Waals surface area contributed by atoms with Crippen LogP contribution < -0.4 is 15.1 Å². The number of nitrogens with one attached hydrogen (secondary N) is 1. The molecule has 0 aromatic carbocycles. The van der Waals surface area contributed by atoms with E-state index in [1.807, 2.05) is 12.3 Å². The van der Waals surface area contributed by atoms with Crippen molar-refractivity contribution in [1.82, 2.24) is 15.0 Å². The summed E-state index contributed by atoms with van der Waals surface area (Å²) >= 11 is 0. The molecule has 138 valence electrons. The van der Waals surface area contributed by atoms with E-state index in [4.69, 9.17) is 4.74 Å². The fourth-order valence-corrected chi connectivity index (χ4v) is 3.42. The number of aromatic nitrogens is 3. The van der Waals surface area contributed by atoms with Crippen LogP contribution >= 0.6 is 0 Å². The van der Waals surface area contributed by atoms with Gasteiger partial charge in [-0.3, -0.25) is 0 Å². The second-order valence-electron chi connectivity index (χ2n) is 6.76. The van der Waals surface area contributed by atoms with Gasteiger partial charge in [-0.1, -0.05) is 6.07 Å². The highest BCUT2D eigenvalue weighted by Crippen LogP contribution is 2.18. The summed E-state index contributed by atoms with van der Waals surface area (Å²) in [6.07, 6.45) is 7.62. The molecule has 7 heteroatoms. The van der Waals surface area contributed by atoms with E-state index in [2.05, 4.69) is 42.2 Å². The number of anilines is 3. The summed E-state index contributed by atoms with van der Waals surface area (Å²) in [6, 6.07) is 6.20. The Morgan fingerprint density at radius 3 is 2.46 bits per heavy atom. The number of hydrogen-bond acceptors (Lipinski definition) is 7. The van der Waals surface area contributed by atoms with E-state index in [0.29, 0.717) is 12.5 Å². The number of rotatable bonds is 5. The van der Waals surface area contributed by atoms with Crippen LogP contribution in [0.5, 0.6) is 0 Å². The van der Waals surface area contributed by atoms with Crippen LogP contribution in [0, 0.1) is 0 Å². The fourth-order valence-electron chi connectivity index (χ4n) is 3.42. The topological polar surface area (TPSA) is 66.4 Å². The second-order valence-corrected chi connectivity index (χ2v) is 6.76. The van der Waals surface area contributed by atoms with E-state index < -0.39 is 0 Å².